The Hall–Kier alpha value is -1.35. The lowest BCUT2D eigenvalue weighted by Crippen LogP contribution is -2.47. The van der Waals surface area contributed by atoms with Gasteiger partial charge in [-0.25, -0.2) is 13.1 Å². The van der Waals surface area contributed by atoms with E-state index in [2.05, 4.69) is 4.72 Å². The maximum absolute atomic E-state index is 12.2. The van der Waals surface area contributed by atoms with Gasteiger partial charge in [-0.2, -0.15) is 0 Å². The van der Waals surface area contributed by atoms with Gasteiger partial charge in [0, 0.05) is 31.8 Å². The van der Waals surface area contributed by atoms with Crippen molar-refractivity contribution in [3.63, 3.8) is 0 Å². The molecular formula is C16H23ClN2O5S. The summed E-state index contributed by atoms with van der Waals surface area (Å²) in [6.45, 7) is 1.31. The maximum Gasteiger partial charge on any atom is 0.260 e. The van der Waals surface area contributed by atoms with Gasteiger partial charge in [0.2, 0.25) is 10.0 Å². The first kappa shape index (κ1) is 20.0. The van der Waals surface area contributed by atoms with Gasteiger partial charge in [0.25, 0.3) is 5.91 Å². The molecule has 1 amide bonds. The van der Waals surface area contributed by atoms with Crippen LogP contribution in [0.2, 0.25) is 5.02 Å². The summed E-state index contributed by atoms with van der Waals surface area (Å²) in [5.74, 6) is 0.413. The van der Waals surface area contributed by atoms with E-state index in [1.54, 1.807) is 29.2 Å². The lowest BCUT2D eigenvalue weighted by Gasteiger charge is -2.31. The summed E-state index contributed by atoms with van der Waals surface area (Å²) in [5, 5.41) is 0.117. The van der Waals surface area contributed by atoms with E-state index in [1.807, 2.05) is 0 Å². The number of amides is 1. The molecule has 0 bridgehead atoms. The molecule has 1 fully saturated rings. The van der Waals surface area contributed by atoms with E-state index in [0.717, 1.165) is 0 Å². The van der Waals surface area contributed by atoms with Crippen LogP contribution in [0, 0.1) is 0 Å². The number of sulfonamides is 1. The molecule has 1 N–H and O–H groups in total. The molecule has 0 spiro atoms. The number of benzene rings is 1. The monoisotopic (exact) mass is 390 g/mol. The Kier molecular flexibility index (Phi) is 7.49. The molecule has 9 heteroatoms. The standard InChI is InChI=1S/C16H23ClN2O5S/c1-23-11-8-18-25(21,22)15-6-9-19(10-7-15)16(20)12-24-14-4-2-13(17)3-5-14/h2-5,15,18H,6-12H2,1H3. The molecule has 1 aromatic carbocycles. The zero-order valence-electron chi connectivity index (χ0n) is 14.1. The van der Waals surface area contributed by atoms with E-state index in [4.69, 9.17) is 21.1 Å². The molecular weight excluding hydrogens is 368 g/mol. The van der Waals surface area contributed by atoms with Crippen molar-refractivity contribution in [2.75, 3.05) is 40.0 Å². The molecule has 0 saturated carbocycles. The number of nitrogens with zero attached hydrogens (tertiary/aromatic N) is 1. The SMILES string of the molecule is COCCNS(=O)(=O)C1CCN(C(=O)COc2ccc(Cl)cc2)CC1. The molecule has 1 saturated heterocycles. The van der Waals surface area contributed by atoms with E-state index in [0.29, 0.717) is 43.3 Å². The summed E-state index contributed by atoms with van der Waals surface area (Å²) in [7, 11) is -1.86. The Morgan fingerprint density at radius 3 is 2.52 bits per heavy atom. The molecule has 0 atom stereocenters. The number of halogens is 1. The van der Waals surface area contributed by atoms with E-state index in [1.165, 1.54) is 7.11 Å². The van der Waals surface area contributed by atoms with Crippen molar-refractivity contribution in [1.29, 1.82) is 0 Å². The van der Waals surface area contributed by atoms with Crippen molar-refractivity contribution >= 4 is 27.5 Å². The highest BCUT2D eigenvalue weighted by atomic mass is 35.5. The molecule has 7 nitrogen and oxygen atoms in total. The number of carbonyl (C=O) groups excluding carboxylic acids is 1. The van der Waals surface area contributed by atoms with Gasteiger partial charge in [0.1, 0.15) is 5.75 Å². The van der Waals surface area contributed by atoms with Crippen molar-refractivity contribution in [1.82, 2.24) is 9.62 Å². The topological polar surface area (TPSA) is 84.9 Å². The smallest absolute Gasteiger partial charge is 0.260 e. The summed E-state index contributed by atoms with van der Waals surface area (Å²) in [5.41, 5.74) is 0. The van der Waals surface area contributed by atoms with Crippen molar-refractivity contribution in [2.45, 2.75) is 18.1 Å². The second kappa shape index (κ2) is 9.38. The Morgan fingerprint density at radius 2 is 1.92 bits per heavy atom. The van der Waals surface area contributed by atoms with Crippen LogP contribution in [0.25, 0.3) is 0 Å². The minimum absolute atomic E-state index is 0.0782. The summed E-state index contributed by atoms with van der Waals surface area (Å²) in [6.07, 6.45) is 0.823. The van der Waals surface area contributed by atoms with Gasteiger partial charge in [-0.05, 0) is 37.1 Å². The number of hydrogen-bond donors (Lipinski definition) is 1. The van der Waals surface area contributed by atoms with Crippen LogP contribution in [0.4, 0.5) is 0 Å². The predicted molar refractivity (Wildman–Crippen MR) is 95.3 cm³/mol. The Bertz CT molecular complexity index is 658. The number of hydrogen-bond acceptors (Lipinski definition) is 5. The summed E-state index contributed by atoms with van der Waals surface area (Å²) < 4.78 is 37.2. The first-order chi connectivity index (χ1) is 11.9. The Balaban J connectivity index is 1.77. The van der Waals surface area contributed by atoms with E-state index in [9.17, 15) is 13.2 Å². The number of ether oxygens (including phenoxy) is 2. The number of carbonyl (C=O) groups is 1. The summed E-state index contributed by atoms with van der Waals surface area (Å²) in [4.78, 5) is 13.8. The van der Waals surface area contributed by atoms with Crippen LogP contribution in [-0.4, -0.2) is 64.4 Å². The molecule has 1 heterocycles. The molecule has 0 radical (unpaired) electrons. The maximum atomic E-state index is 12.2. The number of likely N-dealkylation sites (tertiary alicyclic amines) is 1. The van der Waals surface area contributed by atoms with Crippen LogP contribution in [0.3, 0.4) is 0 Å². The minimum Gasteiger partial charge on any atom is -0.484 e. The van der Waals surface area contributed by atoms with E-state index < -0.39 is 15.3 Å². The van der Waals surface area contributed by atoms with Crippen LogP contribution in [0.5, 0.6) is 5.75 Å². The highest BCUT2D eigenvalue weighted by Gasteiger charge is 2.31. The molecule has 1 aliphatic rings. The average molecular weight is 391 g/mol. The van der Waals surface area contributed by atoms with E-state index in [-0.39, 0.29) is 19.1 Å². The molecule has 0 aliphatic carbocycles. The normalized spacial score (nSPS) is 16.0. The number of methoxy groups -OCH3 is 1. The van der Waals surface area contributed by atoms with Crippen molar-refractivity contribution < 1.29 is 22.7 Å². The lowest BCUT2D eigenvalue weighted by molar-refractivity contribution is -0.134. The van der Waals surface area contributed by atoms with Gasteiger partial charge in [0.15, 0.2) is 6.61 Å². The largest absolute Gasteiger partial charge is 0.484 e. The number of rotatable bonds is 8. The summed E-state index contributed by atoms with van der Waals surface area (Å²) in [6, 6.07) is 6.77. The second-order valence-corrected chi connectivity index (χ2v) is 8.24. The molecule has 0 aromatic heterocycles. The quantitative estimate of drug-likeness (QED) is 0.676. The third kappa shape index (κ3) is 6.14. The fourth-order valence-corrected chi connectivity index (χ4v) is 4.15. The van der Waals surface area contributed by atoms with Crippen molar-refractivity contribution in [3.05, 3.63) is 29.3 Å². The Labute approximate surface area is 153 Å². The molecule has 1 aromatic rings. The number of piperidine rings is 1. The molecule has 140 valence electrons. The van der Waals surface area contributed by atoms with Crippen molar-refractivity contribution in [2.24, 2.45) is 0 Å². The summed E-state index contributed by atoms with van der Waals surface area (Å²) >= 11 is 5.79. The van der Waals surface area contributed by atoms with Crippen LogP contribution in [0.1, 0.15) is 12.8 Å². The highest BCUT2D eigenvalue weighted by Crippen LogP contribution is 2.18. The lowest BCUT2D eigenvalue weighted by atomic mass is 10.1. The number of nitrogens with one attached hydrogen (secondary N) is 1. The predicted octanol–water partition coefficient (Wildman–Crippen LogP) is 1.28. The van der Waals surface area contributed by atoms with E-state index >= 15 is 0 Å². The third-order valence-corrected chi connectivity index (χ3v) is 6.23. The molecule has 1 aliphatic heterocycles. The minimum atomic E-state index is -3.38. The van der Waals surface area contributed by atoms with Gasteiger partial charge in [-0.15, -0.1) is 0 Å². The molecule has 25 heavy (non-hydrogen) atoms. The highest BCUT2D eigenvalue weighted by molar-refractivity contribution is 7.90. The fraction of sp³-hybridized carbons (Fsp3) is 0.562. The van der Waals surface area contributed by atoms with Gasteiger partial charge in [0.05, 0.1) is 11.9 Å². The third-order valence-electron chi connectivity index (χ3n) is 4.02. The van der Waals surface area contributed by atoms with Gasteiger partial charge < -0.3 is 14.4 Å². The fourth-order valence-electron chi connectivity index (χ4n) is 2.59. The molecule has 2 rings (SSSR count). The van der Waals surface area contributed by atoms with Gasteiger partial charge >= 0.3 is 0 Å². The van der Waals surface area contributed by atoms with Crippen LogP contribution in [0.15, 0.2) is 24.3 Å². The first-order valence-corrected chi connectivity index (χ1v) is 9.98. The van der Waals surface area contributed by atoms with Gasteiger partial charge in [-0.1, -0.05) is 11.6 Å². The van der Waals surface area contributed by atoms with Gasteiger partial charge in [-0.3, -0.25) is 4.79 Å². The van der Waals surface area contributed by atoms with Crippen LogP contribution >= 0.6 is 11.6 Å². The zero-order valence-corrected chi connectivity index (χ0v) is 15.7. The second-order valence-electron chi connectivity index (χ2n) is 5.75. The van der Waals surface area contributed by atoms with Crippen LogP contribution in [-0.2, 0) is 19.6 Å². The zero-order chi connectivity index (χ0) is 18.3. The first-order valence-electron chi connectivity index (χ1n) is 8.06. The molecule has 0 unspecified atom stereocenters. The van der Waals surface area contributed by atoms with Crippen molar-refractivity contribution in [3.8, 4) is 5.75 Å². The van der Waals surface area contributed by atoms with Crippen LogP contribution < -0.4 is 9.46 Å². The Morgan fingerprint density at radius 1 is 1.28 bits per heavy atom. The average Bonchev–Trinajstić information content (AvgIpc) is 2.61.